The first-order valence-electron chi connectivity index (χ1n) is 9.93. The highest BCUT2D eigenvalue weighted by Crippen LogP contribution is 2.37. The van der Waals surface area contributed by atoms with E-state index in [4.69, 9.17) is 11.6 Å². The van der Waals surface area contributed by atoms with Gasteiger partial charge in [0.2, 0.25) is 21.8 Å². The van der Waals surface area contributed by atoms with Gasteiger partial charge in [-0.25, -0.2) is 12.8 Å². The molecule has 9 nitrogen and oxygen atoms in total. The fourth-order valence-electron chi connectivity index (χ4n) is 4.33. The molecular weight excluding hydrogens is 425 g/mol. The second-order valence-electron chi connectivity index (χ2n) is 8.24. The summed E-state index contributed by atoms with van der Waals surface area (Å²) in [6.45, 7) is 2.57. The molecule has 3 rings (SSSR count). The highest BCUT2D eigenvalue weighted by molar-refractivity contribution is 7.90. The predicted molar refractivity (Wildman–Crippen MR) is 106 cm³/mol. The van der Waals surface area contributed by atoms with Crippen LogP contribution in [-0.2, 0) is 19.6 Å². The lowest BCUT2D eigenvalue weighted by atomic mass is 9.76. The standard InChI is InChI=1S/C17H29ClFN5O4S/c1-23-8-14(20-10-23)11-6-12(16(19)13(18)7-11)17(26)21-22-29(27,28)9-15(25)24-4-2-3-5-24/h11-14,16,20,22H,2-10H2,1H3,(H,21,26). The average molecular weight is 454 g/mol. The van der Waals surface area contributed by atoms with Crippen molar-refractivity contribution in [3.05, 3.63) is 0 Å². The minimum absolute atomic E-state index is 0.0125. The number of alkyl halides is 2. The lowest BCUT2D eigenvalue weighted by molar-refractivity contribution is -0.130. The molecule has 3 aliphatic rings. The number of halogens is 2. The van der Waals surface area contributed by atoms with Gasteiger partial charge in [-0.05, 0) is 38.6 Å². The maximum absolute atomic E-state index is 14.6. The van der Waals surface area contributed by atoms with E-state index in [1.165, 1.54) is 4.90 Å². The molecule has 5 unspecified atom stereocenters. The zero-order valence-corrected chi connectivity index (χ0v) is 18.0. The van der Waals surface area contributed by atoms with Crippen molar-refractivity contribution in [1.82, 2.24) is 25.4 Å². The summed E-state index contributed by atoms with van der Waals surface area (Å²) < 4.78 is 38.9. The molecule has 2 heterocycles. The Hall–Kier alpha value is -1.01. The van der Waals surface area contributed by atoms with Gasteiger partial charge in [-0.2, -0.15) is 0 Å². The van der Waals surface area contributed by atoms with Gasteiger partial charge in [-0.1, -0.05) is 0 Å². The topological polar surface area (TPSA) is 111 Å². The fourth-order valence-corrected chi connectivity index (χ4v) is 5.58. The van der Waals surface area contributed by atoms with Gasteiger partial charge >= 0.3 is 0 Å². The van der Waals surface area contributed by atoms with Crippen LogP contribution in [0, 0.1) is 11.8 Å². The number of hydrogen-bond acceptors (Lipinski definition) is 6. The normalized spacial score (nSPS) is 33.8. The summed E-state index contributed by atoms with van der Waals surface area (Å²) in [6, 6.07) is 0.110. The minimum Gasteiger partial charge on any atom is -0.342 e. The van der Waals surface area contributed by atoms with Gasteiger partial charge in [0, 0.05) is 32.3 Å². The summed E-state index contributed by atoms with van der Waals surface area (Å²) in [7, 11) is -2.10. The molecule has 2 saturated heterocycles. The molecule has 0 aromatic heterocycles. The number of likely N-dealkylation sites (N-methyl/N-ethyl adjacent to an activating group) is 1. The fraction of sp³-hybridized carbons (Fsp3) is 0.882. The largest absolute Gasteiger partial charge is 0.342 e. The van der Waals surface area contributed by atoms with Gasteiger partial charge in [0.25, 0.3) is 0 Å². The first kappa shape index (κ1) is 22.7. The number of carbonyl (C=O) groups is 2. The maximum Gasteiger partial charge on any atom is 0.241 e. The number of amides is 2. The van der Waals surface area contributed by atoms with Crippen LogP contribution in [0.25, 0.3) is 0 Å². The molecule has 166 valence electrons. The lowest BCUT2D eigenvalue weighted by Crippen LogP contribution is -2.53. The number of likely N-dealkylation sites (tertiary alicyclic amines) is 1. The molecule has 0 bridgehead atoms. The van der Waals surface area contributed by atoms with Gasteiger partial charge in [0.05, 0.1) is 11.3 Å². The van der Waals surface area contributed by atoms with Crippen LogP contribution in [0.15, 0.2) is 0 Å². The van der Waals surface area contributed by atoms with Crippen molar-refractivity contribution in [3.63, 3.8) is 0 Å². The molecule has 0 aromatic carbocycles. The van der Waals surface area contributed by atoms with E-state index >= 15 is 0 Å². The summed E-state index contributed by atoms with van der Waals surface area (Å²) in [5.74, 6) is -3.07. The Labute approximate surface area is 175 Å². The number of sulfonamides is 1. The van der Waals surface area contributed by atoms with Crippen LogP contribution in [0.2, 0.25) is 0 Å². The third kappa shape index (κ3) is 5.78. The van der Waals surface area contributed by atoms with E-state index in [0.717, 1.165) is 26.1 Å². The smallest absolute Gasteiger partial charge is 0.241 e. The van der Waals surface area contributed by atoms with Gasteiger partial charge < -0.3 is 4.90 Å². The number of rotatable bonds is 6. The molecule has 3 N–H and O–H groups in total. The van der Waals surface area contributed by atoms with Crippen molar-refractivity contribution in [3.8, 4) is 0 Å². The molecule has 12 heteroatoms. The summed E-state index contributed by atoms with van der Waals surface area (Å²) in [5.41, 5.74) is 2.08. The molecule has 5 atom stereocenters. The van der Waals surface area contributed by atoms with Gasteiger partial charge in [-0.15, -0.1) is 16.4 Å². The number of hydrazine groups is 1. The molecular formula is C17H29ClFN5O4S. The Morgan fingerprint density at radius 3 is 2.55 bits per heavy atom. The maximum atomic E-state index is 14.6. The number of nitrogens with one attached hydrogen (secondary N) is 3. The van der Waals surface area contributed by atoms with Crippen molar-refractivity contribution >= 4 is 33.4 Å². The quantitative estimate of drug-likeness (QED) is 0.365. The number of hydrogen-bond donors (Lipinski definition) is 3. The third-order valence-electron chi connectivity index (χ3n) is 5.95. The molecule has 1 aliphatic carbocycles. The Balaban J connectivity index is 1.54. The summed E-state index contributed by atoms with van der Waals surface area (Å²) in [5, 5.41) is 2.52. The van der Waals surface area contributed by atoms with E-state index in [2.05, 4.69) is 15.6 Å². The van der Waals surface area contributed by atoms with E-state index in [-0.39, 0.29) is 18.4 Å². The first-order chi connectivity index (χ1) is 13.7. The van der Waals surface area contributed by atoms with Crippen LogP contribution >= 0.6 is 11.6 Å². The Morgan fingerprint density at radius 1 is 1.24 bits per heavy atom. The summed E-state index contributed by atoms with van der Waals surface area (Å²) >= 11 is 6.16. The van der Waals surface area contributed by atoms with Crippen molar-refractivity contribution < 1.29 is 22.4 Å². The van der Waals surface area contributed by atoms with Crippen LogP contribution in [0.4, 0.5) is 4.39 Å². The van der Waals surface area contributed by atoms with Crippen LogP contribution in [-0.4, -0.2) is 86.7 Å². The van der Waals surface area contributed by atoms with E-state index in [9.17, 15) is 22.4 Å². The van der Waals surface area contributed by atoms with Crippen molar-refractivity contribution in [2.24, 2.45) is 11.8 Å². The second kappa shape index (κ2) is 9.42. The summed E-state index contributed by atoms with van der Waals surface area (Å²) in [6.07, 6.45) is 0.858. The average Bonchev–Trinajstić information content (AvgIpc) is 3.33. The Kier molecular flexibility index (Phi) is 7.36. The van der Waals surface area contributed by atoms with Crippen molar-refractivity contribution in [2.45, 2.75) is 43.3 Å². The third-order valence-corrected chi connectivity index (χ3v) is 7.41. The minimum atomic E-state index is -4.07. The zero-order valence-electron chi connectivity index (χ0n) is 16.4. The zero-order chi connectivity index (χ0) is 21.2. The Bertz CT molecular complexity index is 721. The van der Waals surface area contributed by atoms with E-state index in [1.807, 2.05) is 11.9 Å². The highest BCUT2D eigenvalue weighted by atomic mass is 35.5. The molecule has 0 radical (unpaired) electrons. The lowest BCUT2D eigenvalue weighted by Gasteiger charge is -2.37. The molecule has 0 aromatic rings. The SMILES string of the molecule is CN1CNC(C2CC(Cl)C(F)C(C(=O)NNS(=O)(=O)CC(=O)N3CCCC3)C2)C1. The van der Waals surface area contributed by atoms with E-state index < -0.39 is 45.1 Å². The molecule has 2 amide bonds. The number of carbonyl (C=O) groups excluding carboxylic acids is 2. The molecule has 1 saturated carbocycles. The van der Waals surface area contributed by atoms with Crippen LogP contribution in [0.5, 0.6) is 0 Å². The summed E-state index contributed by atoms with van der Waals surface area (Å²) in [4.78, 5) is 30.0. The van der Waals surface area contributed by atoms with Crippen molar-refractivity contribution in [2.75, 3.05) is 39.1 Å². The highest BCUT2D eigenvalue weighted by Gasteiger charge is 2.44. The Morgan fingerprint density at radius 2 is 1.93 bits per heavy atom. The molecule has 2 aliphatic heterocycles. The monoisotopic (exact) mass is 453 g/mol. The van der Waals surface area contributed by atoms with Gasteiger partial charge in [0.15, 0.2) is 0 Å². The first-order valence-corrected chi connectivity index (χ1v) is 12.0. The van der Waals surface area contributed by atoms with Crippen LogP contribution in [0.1, 0.15) is 25.7 Å². The van der Waals surface area contributed by atoms with E-state index in [1.54, 1.807) is 0 Å². The molecule has 3 fully saturated rings. The van der Waals surface area contributed by atoms with Crippen LogP contribution < -0.4 is 15.6 Å². The molecule has 29 heavy (non-hydrogen) atoms. The van der Waals surface area contributed by atoms with Crippen LogP contribution in [0.3, 0.4) is 0 Å². The molecule has 0 spiro atoms. The number of nitrogens with zero attached hydrogens (tertiary/aromatic N) is 2. The van der Waals surface area contributed by atoms with E-state index in [0.29, 0.717) is 19.5 Å². The van der Waals surface area contributed by atoms with Crippen molar-refractivity contribution in [1.29, 1.82) is 0 Å². The second-order valence-corrected chi connectivity index (χ2v) is 10.5. The van der Waals surface area contributed by atoms with Gasteiger partial charge in [0.1, 0.15) is 11.9 Å². The van der Waals surface area contributed by atoms with Gasteiger partial charge in [-0.3, -0.25) is 25.2 Å². The predicted octanol–water partition coefficient (Wildman–Crippen LogP) is -0.608.